The van der Waals surface area contributed by atoms with Crippen LogP contribution in [0, 0.1) is 23.7 Å². The Hall–Kier alpha value is -2.68. The van der Waals surface area contributed by atoms with Crippen LogP contribution in [0.25, 0.3) is 6.08 Å². The van der Waals surface area contributed by atoms with Gasteiger partial charge in [-0.15, -0.1) is 0 Å². The van der Waals surface area contributed by atoms with E-state index in [1.807, 2.05) is 13.0 Å². The van der Waals surface area contributed by atoms with Gasteiger partial charge in [-0.25, -0.2) is 0 Å². The van der Waals surface area contributed by atoms with E-state index in [0.717, 1.165) is 45.7 Å². The smallest absolute Gasteiger partial charge is 0.234 e. The second kappa shape index (κ2) is 10.1. The average molecular weight is 420 g/mol. The van der Waals surface area contributed by atoms with Crippen LogP contribution in [0.2, 0.25) is 0 Å². The fraction of sp³-hybridized carbons (Fsp3) is 0.462. The molecular formula is C26H33N3O2+2. The number of fused-ring (bicyclic) bond motifs is 1. The van der Waals surface area contributed by atoms with Crippen molar-refractivity contribution in [1.82, 2.24) is 4.90 Å². The maximum atomic E-state index is 12.6. The topological polar surface area (TPSA) is 46.3 Å². The predicted octanol–water partition coefficient (Wildman–Crippen LogP) is -0.172. The lowest BCUT2D eigenvalue weighted by Gasteiger charge is -2.27. The molecule has 2 atom stereocenters. The van der Waals surface area contributed by atoms with Crippen LogP contribution < -0.4 is 9.80 Å². The van der Waals surface area contributed by atoms with Crippen molar-refractivity contribution in [1.29, 1.82) is 0 Å². The summed E-state index contributed by atoms with van der Waals surface area (Å²) in [4.78, 5) is 29.7. The molecule has 2 N–H and O–H groups in total. The Labute approximate surface area is 185 Å². The molecule has 162 valence electrons. The molecule has 0 radical (unpaired) electrons. The summed E-state index contributed by atoms with van der Waals surface area (Å²) in [7, 11) is 0. The van der Waals surface area contributed by atoms with E-state index < -0.39 is 0 Å². The lowest BCUT2D eigenvalue weighted by atomic mass is 9.82. The number of piperazine rings is 1. The standard InChI is InChI=1S/C26H31N3O2/c1-21-11-12-23-24(20-21)26(31)29(25(23)30)15-6-5-13-27-16-18-28(19-17-27)14-7-10-22-8-3-2-4-9-22/h2-4,7-11,23-24H,12-20H2,1H3/p+2/b10-7+/t23-,24+/m1/s1. The minimum absolute atomic E-state index is 0.0233. The number of hydrogen-bond acceptors (Lipinski definition) is 2. The van der Waals surface area contributed by atoms with Gasteiger partial charge in [-0.2, -0.15) is 0 Å². The molecule has 0 saturated carbocycles. The van der Waals surface area contributed by atoms with E-state index in [-0.39, 0.29) is 30.2 Å². The normalized spacial score (nSPS) is 28.3. The summed E-state index contributed by atoms with van der Waals surface area (Å²) >= 11 is 0. The fourth-order valence-electron chi connectivity index (χ4n) is 4.85. The quantitative estimate of drug-likeness (QED) is 0.396. The Morgan fingerprint density at radius 1 is 1.00 bits per heavy atom. The number of likely N-dealkylation sites (tertiary alicyclic amines) is 1. The Morgan fingerprint density at radius 3 is 2.48 bits per heavy atom. The first kappa shape index (κ1) is 21.5. The van der Waals surface area contributed by atoms with E-state index in [4.69, 9.17) is 0 Å². The first-order chi connectivity index (χ1) is 15.1. The third-order valence-electron chi connectivity index (χ3n) is 6.80. The molecule has 1 aliphatic carbocycles. The Balaban J connectivity index is 1.18. The van der Waals surface area contributed by atoms with Crippen molar-refractivity contribution in [3.8, 4) is 11.8 Å². The zero-order chi connectivity index (χ0) is 21.6. The van der Waals surface area contributed by atoms with Gasteiger partial charge in [0.15, 0.2) is 0 Å². The number of imide groups is 1. The first-order valence-electron chi connectivity index (χ1n) is 11.5. The number of benzene rings is 1. The summed E-state index contributed by atoms with van der Waals surface area (Å²) < 4.78 is 0. The minimum Gasteiger partial charge on any atom is -0.322 e. The molecule has 3 aliphatic rings. The van der Waals surface area contributed by atoms with Crippen molar-refractivity contribution in [2.24, 2.45) is 11.8 Å². The summed E-state index contributed by atoms with van der Waals surface area (Å²) in [6.45, 7) is 8.66. The summed E-state index contributed by atoms with van der Waals surface area (Å²) in [5.41, 5.74) is 2.47. The second-order valence-electron chi connectivity index (χ2n) is 9.01. The molecule has 2 fully saturated rings. The van der Waals surface area contributed by atoms with E-state index >= 15 is 0 Å². The summed E-state index contributed by atoms with van der Waals surface area (Å²) in [6.07, 6.45) is 7.99. The molecule has 5 nitrogen and oxygen atoms in total. The number of carbonyl (C=O) groups is 2. The molecule has 1 aromatic carbocycles. The number of rotatable bonds is 5. The molecule has 2 aliphatic heterocycles. The fourth-order valence-corrected chi connectivity index (χ4v) is 4.85. The third kappa shape index (κ3) is 5.33. The average Bonchev–Trinajstić information content (AvgIpc) is 3.02. The van der Waals surface area contributed by atoms with Crippen LogP contribution >= 0.6 is 0 Å². The monoisotopic (exact) mass is 419 g/mol. The van der Waals surface area contributed by atoms with Gasteiger partial charge in [-0.05, 0) is 37.3 Å². The lowest BCUT2D eigenvalue weighted by Crippen LogP contribution is -3.28. The van der Waals surface area contributed by atoms with Crippen LogP contribution in [0.5, 0.6) is 0 Å². The van der Waals surface area contributed by atoms with Gasteiger partial charge in [0, 0.05) is 0 Å². The molecule has 0 bridgehead atoms. The molecule has 0 aromatic heterocycles. The SMILES string of the molecule is CC1=CC[C@H]2C(=O)N(CC#CC[NH+]3CC[NH+](C/C=C/c4ccccc4)CC3)C(=O)[C@H]2C1. The van der Waals surface area contributed by atoms with Gasteiger partial charge in [0.25, 0.3) is 0 Å². The van der Waals surface area contributed by atoms with E-state index in [9.17, 15) is 9.59 Å². The zero-order valence-electron chi connectivity index (χ0n) is 18.4. The minimum atomic E-state index is -0.157. The highest BCUT2D eigenvalue weighted by Crippen LogP contribution is 2.37. The third-order valence-corrected chi connectivity index (χ3v) is 6.80. The molecule has 2 heterocycles. The van der Waals surface area contributed by atoms with Crippen molar-refractivity contribution in [2.75, 3.05) is 45.8 Å². The summed E-state index contributed by atoms with van der Waals surface area (Å²) in [5, 5.41) is 0. The number of allylic oxidation sites excluding steroid dienone is 2. The molecule has 1 aromatic rings. The van der Waals surface area contributed by atoms with Crippen molar-refractivity contribution in [2.45, 2.75) is 19.8 Å². The van der Waals surface area contributed by atoms with Gasteiger partial charge in [-0.1, -0.05) is 54.0 Å². The van der Waals surface area contributed by atoms with Gasteiger partial charge < -0.3 is 9.80 Å². The van der Waals surface area contributed by atoms with E-state index in [2.05, 4.69) is 54.3 Å². The van der Waals surface area contributed by atoms with Crippen LogP contribution in [0.4, 0.5) is 0 Å². The highest BCUT2D eigenvalue weighted by Gasteiger charge is 2.47. The van der Waals surface area contributed by atoms with Crippen LogP contribution in [0.3, 0.4) is 0 Å². The van der Waals surface area contributed by atoms with E-state index in [1.54, 1.807) is 4.90 Å². The summed E-state index contributed by atoms with van der Waals surface area (Å²) in [5.74, 6) is 5.96. The first-order valence-corrected chi connectivity index (χ1v) is 11.5. The second-order valence-corrected chi connectivity index (χ2v) is 9.01. The van der Waals surface area contributed by atoms with E-state index in [0.29, 0.717) is 6.42 Å². The number of nitrogens with one attached hydrogen (secondary N) is 2. The van der Waals surface area contributed by atoms with Gasteiger partial charge in [0.1, 0.15) is 32.7 Å². The van der Waals surface area contributed by atoms with Crippen molar-refractivity contribution in [3.63, 3.8) is 0 Å². The highest BCUT2D eigenvalue weighted by atomic mass is 16.2. The Kier molecular flexibility index (Phi) is 7.01. The number of amides is 2. The van der Waals surface area contributed by atoms with Crippen LogP contribution in [-0.4, -0.2) is 62.5 Å². The lowest BCUT2D eigenvalue weighted by molar-refractivity contribution is -1.01. The van der Waals surface area contributed by atoms with Crippen molar-refractivity contribution < 1.29 is 19.4 Å². The molecular weight excluding hydrogens is 386 g/mol. The van der Waals surface area contributed by atoms with Crippen molar-refractivity contribution in [3.05, 3.63) is 53.6 Å². The van der Waals surface area contributed by atoms with Gasteiger partial charge in [0.05, 0.1) is 24.9 Å². The summed E-state index contributed by atoms with van der Waals surface area (Å²) in [6, 6.07) is 10.4. The number of hydrogen-bond donors (Lipinski definition) is 2. The Morgan fingerprint density at radius 2 is 1.71 bits per heavy atom. The van der Waals surface area contributed by atoms with Crippen LogP contribution in [0.1, 0.15) is 25.3 Å². The molecule has 4 rings (SSSR count). The maximum Gasteiger partial charge on any atom is 0.234 e. The zero-order valence-corrected chi connectivity index (χ0v) is 18.4. The maximum absolute atomic E-state index is 12.6. The number of quaternary nitrogens is 2. The van der Waals surface area contributed by atoms with Crippen molar-refractivity contribution >= 4 is 17.9 Å². The molecule has 0 unspecified atom stereocenters. The van der Waals surface area contributed by atoms with Crippen LogP contribution in [0.15, 0.2) is 48.1 Å². The number of carbonyl (C=O) groups excluding carboxylic acids is 2. The van der Waals surface area contributed by atoms with Gasteiger partial charge in [0.2, 0.25) is 11.8 Å². The van der Waals surface area contributed by atoms with Gasteiger partial charge in [-0.3, -0.25) is 14.5 Å². The van der Waals surface area contributed by atoms with Gasteiger partial charge >= 0.3 is 0 Å². The number of nitrogens with zero attached hydrogens (tertiary/aromatic N) is 1. The van der Waals surface area contributed by atoms with E-state index in [1.165, 1.54) is 20.9 Å². The molecule has 5 heteroatoms. The highest BCUT2D eigenvalue weighted by molar-refractivity contribution is 6.05. The van der Waals surface area contributed by atoms with Crippen LogP contribution in [-0.2, 0) is 9.59 Å². The Bertz CT molecular complexity index is 917. The molecule has 0 spiro atoms. The largest absolute Gasteiger partial charge is 0.322 e. The predicted molar refractivity (Wildman–Crippen MR) is 121 cm³/mol. The molecule has 2 saturated heterocycles. The molecule has 2 amide bonds. The molecule has 31 heavy (non-hydrogen) atoms.